The molecule has 1 N–H and O–H groups in total. The van der Waals surface area contributed by atoms with Gasteiger partial charge in [-0.1, -0.05) is 23.9 Å². The van der Waals surface area contributed by atoms with Crippen molar-refractivity contribution in [2.45, 2.75) is 56.5 Å². The van der Waals surface area contributed by atoms with Crippen LogP contribution in [-0.4, -0.2) is 52.2 Å². The number of rotatable bonds is 7. The third-order valence-electron chi connectivity index (χ3n) is 4.66. The molecule has 0 radical (unpaired) electrons. The van der Waals surface area contributed by atoms with Crippen molar-refractivity contribution in [3.05, 3.63) is 24.3 Å². The second kappa shape index (κ2) is 9.32. The van der Waals surface area contributed by atoms with Crippen LogP contribution in [0.5, 0.6) is 5.75 Å². The van der Waals surface area contributed by atoms with E-state index in [-0.39, 0.29) is 17.2 Å². The predicted molar refractivity (Wildman–Crippen MR) is 113 cm³/mol. The second-order valence-electron chi connectivity index (χ2n) is 7.26. The lowest BCUT2D eigenvalue weighted by Crippen LogP contribution is -2.36. The van der Waals surface area contributed by atoms with Gasteiger partial charge >= 0.3 is 0 Å². The van der Waals surface area contributed by atoms with Gasteiger partial charge in [0.15, 0.2) is 5.16 Å². The number of thioether (sulfide) groups is 1. The molecular formula is C20H29N5O2S. The quantitative estimate of drug-likeness (QED) is 0.716. The van der Waals surface area contributed by atoms with Gasteiger partial charge in [-0.05, 0) is 52.2 Å². The second-order valence-corrected chi connectivity index (χ2v) is 8.57. The summed E-state index contributed by atoms with van der Waals surface area (Å²) in [4.78, 5) is 14.7. The van der Waals surface area contributed by atoms with E-state index in [4.69, 9.17) is 4.74 Å². The summed E-state index contributed by atoms with van der Waals surface area (Å²) in [6, 6.07) is 7.95. The van der Waals surface area contributed by atoms with Gasteiger partial charge in [0.1, 0.15) is 5.75 Å². The molecular weight excluding hydrogens is 374 g/mol. The molecule has 152 valence electrons. The van der Waals surface area contributed by atoms with Crippen molar-refractivity contribution in [1.82, 2.24) is 20.1 Å². The smallest absolute Gasteiger partial charge is 0.233 e. The Bertz CT molecular complexity index is 802. The van der Waals surface area contributed by atoms with Crippen LogP contribution in [-0.2, 0) is 4.79 Å². The monoisotopic (exact) mass is 403 g/mol. The van der Waals surface area contributed by atoms with Crippen LogP contribution >= 0.6 is 11.8 Å². The lowest BCUT2D eigenvalue weighted by atomic mass is 10.1. The molecule has 8 heteroatoms. The fourth-order valence-corrected chi connectivity index (χ4v) is 4.14. The Morgan fingerprint density at radius 2 is 1.86 bits per heavy atom. The average molecular weight is 404 g/mol. The van der Waals surface area contributed by atoms with Crippen molar-refractivity contribution >= 4 is 23.6 Å². The van der Waals surface area contributed by atoms with E-state index in [0.717, 1.165) is 43.3 Å². The van der Waals surface area contributed by atoms with Crippen LogP contribution in [0.25, 0.3) is 5.69 Å². The van der Waals surface area contributed by atoms with Gasteiger partial charge in [-0.2, -0.15) is 0 Å². The zero-order valence-corrected chi connectivity index (χ0v) is 17.8. The molecule has 0 bridgehead atoms. The van der Waals surface area contributed by atoms with Gasteiger partial charge in [0.05, 0.1) is 18.0 Å². The maximum Gasteiger partial charge on any atom is 0.233 e. The molecule has 1 aromatic heterocycles. The summed E-state index contributed by atoms with van der Waals surface area (Å²) in [7, 11) is 1.66. The van der Waals surface area contributed by atoms with Crippen LogP contribution in [0.2, 0.25) is 0 Å². The lowest BCUT2D eigenvalue weighted by Gasteiger charge is -2.28. The summed E-state index contributed by atoms with van der Waals surface area (Å²) in [6.07, 6.45) is 3.54. The van der Waals surface area contributed by atoms with Crippen molar-refractivity contribution < 1.29 is 9.53 Å². The molecule has 0 aliphatic carbocycles. The third kappa shape index (κ3) is 4.60. The summed E-state index contributed by atoms with van der Waals surface area (Å²) in [6.45, 7) is 7.73. The Balaban J connectivity index is 1.98. The summed E-state index contributed by atoms with van der Waals surface area (Å²) >= 11 is 1.41. The molecule has 1 aromatic carbocycles. The van der Waals surface area contributed by atoms with Crippen LogP contribution in [0.4, 0.5) is 5.95 Å². The molecule has 1 amide bonds. The lowest BCUT2D eigenvalue weighted by molar-refractivity contribution is -0.120. The van der Waals surface area contributed by atoms with Gasteiger partial charge in [-0.15, -0.1) is 10.2 Å². The van der Waals surface area contributed by atoms with E-state index in [0.29, 0.717) is 5.16 Å². The maximum atomic E-state index is 12.4. The summed E-state index contributed by atoms with van der Waals surface area (Å²) in [5.41, 5.74) is 0.884. The number of amides is 1. The zero-order chi connectivity index (χ0) is 20.1. The first-order chi connectivity index (χ1) is 13.5. The first-order valence-corrected chi connectivity index (χ1v) is 10.7. The predicted octanol–water partition coefficient (Wildman–Crippen LogP) is 3.27. The largest absolute Gasteiger partial charge is 0.495 e. The first-order valence-electron chi connectivity index (χ1n) is 9.82. The molecule has 1 aliphatic heterocycles. The van der Waals surface area contributed by atoms with Crippen molar-refractivity contribution in [1.29, 1.82) is 0 Å². The number of carbonyl (C=O) groups is 1. The number of anilines is 1. The van der Waals surface area contributed by atoms with Crippen molar-refractivity contribution in [3.8, 4) is 11.4 Å². The number of hydrogen-bond acceptors (Lipinski definition) is 6. The van der Waals surface area contributed by atoms with Gasteiger partial charge in [0, 0.05) is 19.1 Å². The van der Waals surface area contributed by atoms with E-state index >= 15 is 0 Å². The van der Waals surface area contributed by atoms with Crippen LogP contribution in [0.1, 0.15) is 40.0 Å². The Morgan fingerprint density at radius 1 is 1.14 bits per heavy atom. The highest BCUT2D eigenvalue weighted by Crippen LogP contribution is 2.34. The number of carbonyl (C=O) groups excluding carboxylic acids is 1. The highest BCUT2D eigenvalue weighted by Gasteiger charge is 2.26. The molecule has 2 heterocycles. The number of hydrogen-bond donors (Lipinski definition) is 1. The first kappa shape index (κ1) is 20.5. The highest BCUT2D eigenvalue weighted by atomic mass is 32.2. The van der Waals surface area contributed by atoms with E-state index in [1.54, 1.807) is 7.11 Å². The minimum atomic E-state index is -0.283. The molecule has 1 aliphatic rings. The van der Waals surface area contributed by atoms with E-state index in [9.17, 15) is 4.79 Å². The number of piperidine rings is 1. The van der Waals surface area contributed by atoms with Crippen molar-refractivity contribution in [2.75, 3.05) is 25.1 Å². The molecule has 1 atom stereocenters. The molecule has 7 nitrogen and oxygen atoms in total. The molecule has 1 fully saturated rings. The number of benzene rings is 1. The van der Waals surface area contributed by atoms with Gasteiger partial charge in [-0.25, -0.2) is 0 Å². The molecule has 2 aromatic rings. The Hall–Kier alpha value is -2.22. The van der Waals surface area contributed by atoms with Crippen LogP contribution < -0.4 is 15.0 Å². The minimum Gasteiger partial charge on any atom is -0.495 e. The van der Waals surface area contributed by atoms with Gasteiger partial charge in [0.25, 0.3) is 0 Å². The molecule has 0 saturated carbocycles. The number of nitrogens with zero attached hydrogens (tertiary/aromatic N) is 4. The zero-order valence-electron chi connectivity index (χ0n) is 17.0. The van der Waals surface area contributed by atoms with Crippen LogP contribution in [0.3, 0.4) is 0 Å². The molecule has 1 saturated heterocycles. The Morgan fingerprint density at radius 3 is 2.54 bits per heavy atom. The van der Waals surface area contributed by atoms with E-state index in [1.165, 1.54) is 18.2 Å². The SMILES string of the molecule is COc1ccccc1-n1c(S[C@@H](C)C(=O)NC(C)C)nnc1N1CCCCC1. The minimum absolute atomic E-state index is 0.00546. The van der Waals surface area contributed by atoms with E-state index < -0.39 is 0 Å². The number of methoxy groups -OCH3 is 1. The van der Waals surface area contributed by atoms with Gasteiger partial charge in [0.2, 0.25) is 11.9 Å². The maximum absolute atomic E-state index is 12.4. The average Bonchev–Trinajstić information content (AvgIpc) is 3.11. The Kier molecular flexibility index (Phi) is 6.83. The van der Waals surface area contributed by atoms with Gasteiger partial charge in [-0.3, -0.25) is 9.36 Å². The summed E-state index contributed by atoms with van der Waals surface area (Å²) in [5.74, 6) is 1.55. The summed E-state index contributed by atoms with van der Waals surface area (Å²) < 4.78 is 7.61. The highest BCUT2D eigenvalue weighted by molar-refractivity contribution is 8.00. The molecule has 0 spiro atoms. The fraction of sp³-hybridized carbons (Fsp3) is 0.550. The Labute approximate surface area is 170 Å². The van der Waals surface area contributed by atoms with Crippen molar-refractivity contribution in [3.63, 3.8) is 0 Å². The topological polar surface area (TPSA) is 72.3 Å². The number of para-hydroxylation sites is 2. The molecule has 0 unspecified atom stereocenters. The van der Waals surface area contributed by atoms with Crippen LogP contribution in [0, 0.1) is 0 Å². The van der Waals surface area contributed by atoms with E-state index in [2.05, 4.69) is 20.4 Å². The standard InChI is InChI=1S/C20H29N5O2S/c1-14(2)21-18(26)15(3)28-20-23-22-19(24-12-8-5-9-13-24)25(20)16-10-6-7-11-17(16)27-4/h6-7,10-11,14-15H,5,8-9,12-13H2,1-4H3,(H,21,26)/t15-/m0/s1. The van der Waals surface area contributed by atoms with E-state index in [1.807, 2.05) is 49.6 Å². The number of nitrogens with one attached hydrogen (secondary N) is 1. The molecule has 28 heavy (non-hydrogen) atoms. The number of ether oxygens (including phenoxy) is 1. The third-order valence-corrected chi connectivity index (χ3v) is 5.71. The normalized spacial score (nSPS) is 15.5. The van der Waals surface area contributed by atoms with Crippen LogP contribution in [0.15, 0.2) is 29.4 Å². The van der Waals surface area contributed by atoms with Gasteiger partial charge < -0.3 is 15.0 Å². The summed E-state index contributed by atoms with van der Waals surface area (Å²) in [5, 5.41) is 12.3. The van der Waals surface area contributed by atoms with Crippen molar-refractivity contribution in [2.24, 2.45) is 0 Å². The fourth-order valence-electron chi connectivity index (χ4n) is 3.28. The number of aromatic nitrogens is 3. The molecule has 3 rings (SSSR count).